The third-order valence-electron chi connectivity index (χ3n) is 3.18. The van der Waals surface area contributed by atoms with Crippen molar-refractivity contribution in [3.63, 3.8) is 0 Å². The number of nitrogens with zero attached hydrogens (tertiary/aromatic N) is 2. The van der Waals surface area contributed by atoms with Gasteiger partial charge in [0, 0.05) is 38.2 Å². The first-order chi connectivity index (χ1) is 10.0. The summed E-state index contributed by atoms with van der Waals surface area (Å²) in [5.74, 6) is 0. The fraction of sp³-hybridized carbons (Fsp3) is 0.571. The zero-order valence-corrected chi connectivity index (χ0v) is 14.1. The minimum Gasteiger partial charge on any atom is -0.383 e. The number of hydrogen-bond donors (Lipinski definition) is 0. The molecule has 1 atom stereocenters. The van der Waals surface area contributed by atoms with Gasteiger partial charge in [0.2, 0.25) is 0 Å². The van der Waals surface area contributed by atoms with Crippen molar-refractivity contribution in [1.82, 2.24) is 0 Å². The van der Waals surface area contributed by atoms with E-state index < -0.39 is 0 Å². The van der Waals surface area contributed by atoms with Crippen molar-refractivity contribution in [2.24, 2.45) is 0 Å². The first-order valence-electron chi connectivity index (χ1n) is 6.63. The maximum Gasteiger partial charge on any atom is 0.292 e. The van der Waals surface area contributed by atoms with Crippen molar-refractivity contribution in [2.75, 3.05) is 38.9 Å². The Hall–Kier alpha value is -1.18. The summed E-state index contributed by atoms with van der Waals surface area (Å²) in [6.07, 6.45) is 0. The van der Waals surface area contributed by atoms with Crippen LogP contribution in [0.3, 0.4) is 0 Å². The van der Waals surface area contributed by atoms with Gasteiger partial charge >= 0.3 is 0 Å². The smallest absolute Gasteiger partial charge is 0.292 e. The average Bonchev–Trinajstić information content (AvgIpc) is 2.47. The van der Waals surface area contributed by atoms with Crippen molar-refractivity contribution in [3.05, 3.63) is 33.9 Å². The minimum atomic E-state index is -0.346. The van der Waals surface area contributed by atoms with E-state index in [9.17, 15) is 10.1 Å². The summed E-state index contributed by atoms with van der Waals surface area (Å²) in [6.45, 7) is 3.52. The highest BCUT2D eigenvalue weighted by atomic mass is 79.9. The first kappa shape index (κ1) is 17.9. The molecule has 1 unspecified atom stereocenters. The largest absolute Gasteiger partial charge is 0.383 e. The summed E-state index contributed by atoms with van der Waals surface area (Å²) >= 11 is 3.32. The lowest BCUT2D eigenvalue weighted by Gasteiger charge is -2.30. The molecule has 0 saturated carbocycles. The van der Waals surface area contributed by atoms with E-state index in [1.165, 1.54) is 0 Å². The summed E-state index contributed by atoms with van der Waals surface area (Å²) in [7, 11) is 3.23. The Morgan fingerprint density at radius 1 is 1.38 bits per heavy atom. The molecule has 0 aliphatic heterocycles. The maximum absolute atomic E-state index is 11.3. The first-order valence-corrected chi connectivity index (χ1v) is 7.75. The number of nitro groups is 1. The van der Waals surface area contributed by atoms with E-state index in [2.05, 4.69) is 15.9 Å². The van der Waals surface area contributed by atoms with Gasteiger partial charge in [0.15, 0.2) is 0 Å². The van der Waals surface area contributed by atoms with Gasteiger partial charge in [-0.25, -0.2) is 0 Å². The Kier molecular flexibility index (Phi) is 7.63. The monoisotopic (exact) mass is 360 g/mol. The molecular formula is C14H21BrN2O4. The number of ether oxygens (including phenoxy) is 2. The van der Waals surface area contributed by atoms with Gasteiger partial charge < -0.3 is 14.4 Å². The standard InChI is InChI=1S/C14H21BrN2O4/c1-11(10-21-3)16(6-7-20-2)13-5-4-12(9-15)8-14(13)17(18)19/h4-5,8,11H,6-7,9-10H2,1-3H3. The number of nitro benzene ring substituents is 1. The Morgan fingerprint density at radius 3 is 2.62 bits per heavy atom. The number of benzene rings is 1. The lowest BCUT2D eigenvalue weighted by atomic mass is 10.1. The summed E-state index contributed by atoms with van der Waals surface area (Å²) < 4.78 is 10.3. The third-order valence-corrected chi connectivity index (χ3v) is 3.82. The fourth-order valence-electron chi connectivity index (χ4n) is 2.14. The highest BCUT2D eigenvalue weighted by Crippen LogP contribution is 2.31. The van der Waals surface area contributed by atoms with Crippen LogP contribution in [0.4, 0.5) is 11.4 Å². The normalized spacial score (nSPS) is 12.2. The molecule has 6 nitrogen and oxygen atoms in total. The van der Waals surface area contributed by atoms with E-state index in [4.69, 9.17) is 9.47 Å². The number of alkyl halides is 1. The van der Waals surface area contributed by atoms with E-state index in [1.807, 2.05) is 17.9 Å². The molecule has 0 aliphatic rings. The van der Waals surface area contributed by atoms with Crippen LogP contribution in [0.5, 0.6) is 0 Å². The number of anilines is 1. The van der Waals surface area contributed by atoms with Gasteiger partial charge in [-0.15, -0.1) is 0 Å². The molecule has 0 spiro atoms. The highest BCUT2D eigenvalue weighted by Gasteiger charge is 2.23. The quantitative estimate of drug-likeness (QED) is 0.384. The summed E-state index contributed by atoms with van der Waals surface area (Å²) in [5.41, 5.74) is 1.56. The van der Waals surface area contributed by atoms with Gasteiger partial charge in [0.05, 0.1) is 18.1 Å². The van der Waals surface area contributed by atoms with Crippen LogP contribution in [0.2, 0.25) is 0 Å². The molecular weight excluding hydrogens is 340 g/mol. The molecule has 0 bridgehead atoms. The van der Waals surface area contributed by atoms with Crippen molar-refractivity contribution < 1.29 is 14.4 Å². The van der Waals surface area contributed by atoms with Crippen molar-refractivity contribution in [1.29, 1.82) is 0 Å². The van der Waals surface area contributed by atoms with Crippen molar-refractivity contribution in [3.8, 4) is 0 Å². The molecule has 118 valence electrons. The van der Waals surface area contributed by atoms with Gasteiger partial charge in [-0.05, 0) is 18.6 Å². The zero-order valence-electron chi connectivity index (χ0n) is 12.5. The average molecular weight is 361 g/mol. The zero-order chi connectivity index (χ0) is 15.8. The molecule has 1 rings (SSSR count). The predicted octanol–water partition coefficient (Wildman–Crippen LogP) is 2.98. The summed E-state index contributed by atoms with van der Waals surface area (Å²) in [4.78, 5) is 13.0. The Labute approximate surface area is 133 Å². The van der Waals surface area contributed by atoms with E-state index >= 15 is 0 Å². The van der Waals surface area contributed by atoms with Gasteiger partial charge in [-0.1, -0.05) is 22.0 Å². The molecule has 0 radical (unpaired) electrons. The van der Waals surface area contributed by atoms with E-state index in [0.717, 1.165) is 5.56 Å². The number of rotatable bonds is 9. The third kappa shape index (κ3) is 4.94. The number of halogens is 1. The second kappa shape index (κ2) is 8.96. The summed E-state index contributed by atoms with van der Waals surface area (Å²) in [6, 6.07) is 5.29. The SMILES string of the molecule is COCCN(c1ccc(CBr)cc1[N+](=O)[O-])C(C)COC. The lowest BCUT2D eigenvalue weighted by Crippen LogP contribution is -2.39. The molecule has 21 heavy (non-hydrogen) atoms. The van der Waals surface area contributed by atoms with Gasteiger partial charge in [-0.2, -0.15) is 0 Å². The van der Waals surface area contributed by atoms with Crippen molar-refractivity contribution >= 4 is 27.3 Å². The van der Waals surface area contributed by atoms with E-state index in [-0.39, 0.29) is 16.7 Å². The van der Waals surface area contributed by atoms with Gasteiger partial charge in [0.25, 0.3) is 5.69 Å². The number of hydrogen-bond acceptors (Lipinski definition) is 5. The van der Waals surface area contributed by atoms with Crippen LogP contribution in [-0.4, -0.2) is 44.9 Å². The van der Waals surface area contributed by atoms with Gasteiger partial charge in [0.1, 0.15) is 5.69 Å². The lowest BCUT2D eigenvalue weighted by molar-refractivity contribution is -0.384. The van der Waals surface area contributed by atoms with Crippen molar-refractivity contribution in [2.45, 2.75) is 18.3 Å². The van der Waals surface area contributed by atoms with E-state index in [1.54, 1.807) is 26.4 Å². The van der Waals surface area contributed by atoms with Crippen LogP contribution >= 0.6 is 15.9 Å². The highest BCUT2D eigenvalue weighted by molar-refractivity contribution is 9.08. The Balaban J connectivity index is 3.18. The van der Waals surface area contributed by atoms with Crippen LogP contribution < -0.4 is 4.90 Å². The predicted molar refractivity (Wildman–Crippen MR) is 86.3 cm³/mol. The number of methoxy groups -OCH3 is 2. The molecule has 0 fully saturated rings. The molecule has 0 aromatic heterocycles. The summed E-state index contributed by atoms with van der Waals surface area (Å²) in [5, 5.41) is 11.9. The van der Waals surface area contributed by atoms with Crippen LogP contribution in [0.25, 0.3) is 0 Å². The van der Waals surface area contributed by atoms with Crippen LogP contribution in [0.1, 0.15) is 12.5 Å². The molecule has 0 aliphatic carbocycles. The molecule has 1 aromatic carbocycles. The van der Waals surface area contributed by atoms with E-state index in [0.29, 0.717) is 30.8 Å². The molecule has 7 heteroatoms. The van der Waals surface area contributed by atoms with Crippen LogP contribution in [-0.2, 0) is 14.8 Å². The Bertz CT molecular complexity index is 470. The van der Waals surface area contributed by atoms with Gasteiger partial charge in [-0.3, -0.25) is 10.1 Å². The molecule has 0 amide bonds. The Morgan fingerprint density at radius 2 is 2.10 bits per heavy atom. The van der Waals surface area contributed by atoms with Crippen LogP contribution in [0.15, 0.2) is 18.2 Å². The fourth-order valence-corrected chi connectivity index (χ4v) is 2.49. The molecule has 0 N–H and O–H groups in total. The minimum absolute atomic E-state index is 0.0127. The molecule has 0 heterocycles. The van der Waals surface area contributed by atoms with Crippen LogP contribution in [0, 0.1) is 10.1 Å². The maximum atomic E-state index is 11.3. The molecule has 0 saturated heterocycles. The second-order valence-electron chi connectivity index (χ2n) is 4.70. The molecule has 1 aromatic rings. The topological polar surface area (TPSA) is 64.8 Å². The second-order valence-corrected chi connectivity index (χ2v) is 5.27.